The fraction of sp³-hybridized carbons (Fsp3) is 0.556. The molecule has 3 N–H and O–H groups in total. The quantitative estimate of drug-likeness (QED) is 0.220. The Morgan fingerprint density at radius 3 is 2.42 bits per heavy atom. The Labute approximate surface area is 172 Å². The lowest BCUT2D eigenvalue weighted by molar-refractivity contribution is -0.123. The summed E-state index contributed by atoms with van der Waals surface area (Å²) in [6, 6.07) is 6.36. The van der Waals surface area contributed by atoms with E-state index in [9.17, 15) is 9.18 Å². The third-order valence-corrected chi connectivity index (χ3v) is 3.55. The van der Waals surface area contributed by atoms with E-state index in [0.717, 1.165) is 6.42 Å². The molecule has 0 aliphatic heterocycles. The predicted molar refractivity (Wildman–Crippen MR) is 114 cm³/mol. The van der Waals surface area contributed by atoms with Crippen molar-refractivity contribution in [1.82, 2.24) is 16.0 Å². The lowest BCUT2D eigenvalue weighted by atomic mass is 10.2. The molecule has 6 nitrogen and oxygen atoms in total. The Morgan fingerprint density at radius 1 is 1.19 bits per heavy atom. The number of benzene rings is 1. The summed E-state index contributed by atoms with van der Waals surface area (Å²) >= 11 is 0. The molecule has 1 atom stereocenters. The fourth-order valence-corrected chi connectivity index (χ4v) is 1.99. The van der Waals surface area contributed by atoms with Crippen LogP contribution in [0.15, 0.2) is 29.3 Å². The van der Waals surface area contributed by atoms with Crippen LogP contribution in [0, 0.1) is 11.7 Å². The molecule has 0 aromatic heterocycles. The average molecular weight is 480 g/mol. The second-order valence-corrected chi connectivity index (χ2v) is 5.90. The molecule has 0 fully saturated rings. The summed E-state index contributed by atoms with van der Waals surface area (Å²) in [5.74, 6) is 0.474. The summed E-state index contributed by atoms with van der Waals surface area (Å²) in [5.41, 5.74) is 0. The van der Waals surface area contributed by atoms with Crippen molar-refractivity contribution in [3.05, 3.63) is 30.1 Å². The number of nitrogens with zero attached hydrogens (tertiary/aromatic N) is 1. The number of aliphatic imine (C=N–C) groups is 1. The maximum absolute atomic E-state index is 13.7. The zero-order chi connectivity index (χ0) is 18.7. The van der Waals surface area contributed by atoms with Crippen LogP contribution < -0.4 is 20.7 Å². The molecule has 0 heterocycles. The first-order valence-corrected chi connectivity index (χ1v) is 8.61. The molecule has 1 amide bonds. The number of hydrogen-bond donors (Lipinski definition) is 3. The molecule has 0 saturated carbocycles. The topological polar surface area (TPSA) is 74.8 Å². The Kier molecular flexibility index (Phi) is 12.8. The maximum Gasteiger partial charge on any atom is 0.222 e. The van der Waals surface area contributed by atoms with Gasteiger partial charge in [-0.25, -0.2) is 4.39 Å². The highest BCUT2D eigenvalue weighted by Crippen LogP contribution is 2.17. The first-order valence-electron chi connectivity index (χ1n) is 8.61. The van der Waals surface area contributed by atoms with Gasteiger partial charge in [0.05, 0.1) is 6.54 Å². The average Bonchev–Trinajstić information content (AvgIpc) is 2.61. The summed E-state index contributed by atoms with van der Waals surface area (Å²) < 4.78 is 19.4. The van der Waals surface area contributed by atoms with E-state index < -0.39 is 0 Å². The monoisotopic (exact) mass is 480 g/mol. The maximum atomic E-state index is 13.7. The molecule has 1 aromatic carbocycles. The Morgan fingerprint density at radius 2 is 1.85 bits per heavy atom. The first-order chi connectivity index (χ1) is 12.0. The minimum atomic E-state index is -0.371. The third kappa shape index (κ3) is 9.21. The van der Waals surface area contributed by atoms with E-state index >= 15 is 0 Å². The Hall–Kier alpha value is -1.58. The molecule has 1 unspecified atom stereocenters. The fourth-order valence-electron chi connectivity index (χ4n) is 1.99. The number of amides is 1. The molecular weight excluding hydrogens is 450 g/mol. The highest BCUT2D eigenvalue weighted by Gasteiger charge is 2.12. The molecule has 0 aliphatic carbocycles. The van der Waals surface area contributed by atoms with E-state index in [1.165, 1.54) is 6.07 Å². The first kappa shape index (κ1) is 24.4. The van der Waals surface area contributed by atoms with Crippen molar-refractivity contribution < 1.29 is 13.9 Å². The van der Waals surface area contributed by atoms with Crippen molar-refractivity contribution in [1.29, 1.82) is 0 Å². The molecule has 8 heteroatoms. The molecule has 0 saturated heterocycles. The zero-order valence-corrected chi connectivity index (χ0v) is 18.2. The number of hydrogen-bond acceptors (Lipinski definition) is 3. The smallest absolute Gasteiger partial charge is 0.222 e. The van der Waals surface area contributed by atoms with Gasteiger partial charge < -0.3 is 20.7 Å². The van der Waals surface area contributed by atoms with Gasteiger partial charge in [-0.2, -0.15) is 0 Å². The molecule has 1 aromatic rings. The summed E-state index contributed by atoms with van der Waals surface area (Å²) in [7, 11) is 1.67. The summed E-state index contributed by atoms with van der Waals surface area (Å²) in [4.78, 5) is 15.6. The molecule has 26 heavy (non-hydrogen) atoms. The van der Waals surface area contributed by atoms with Gasteiger partial charge in [0.1, 0.15) is 6.10 Å². The van der Waals surface area contributed by atoms with Crippen molar-refractivity contribution in [2.24, 2.45) is 10.9 Å². The number of guanidine groups is 1. The van der Waals surface area contributed by atoms with Crippen molar-refractivity contribution >= 4 is 35.8 Å². The van der Waals surface area contributed by atoms with E-state index in [4.69, 9.17) is 4.74 Å². The minimum Gasteiger partial charge on any atom is -0.486 e. The molecule has 148 valence electrons. The number of carbonyl (C=O) groups excluding carboxylic acids is 1. The summed E-state index contributed by atoms with van der Waals surface area (Å²) in [6.07, 6.45) is 0.541. The van der Waals surface area contributed by atoms with Crippen LogP contribution in [0.5, 0.6) is 5.75 Å². The van der Waals surface area contributed by atoms with Crippen molar-refractivity contribution in [3.8, 4) is 5.75 Å². The van der Waals surface area contributed by atoms with Gasteiger partial charge in [0, 0.05) is 26.1 Å². The molecule has 0 bridgehead atoms. The number of halogens is 2. The lowest BCUT2D eigenvalue weighted by Crippen LogP contribution is -2.45. The van der Waals surface area contributed by atoms with Crippen molar-refractivity contribution in [2.45, 2.75) is 33.3 Å². The van der Waals surface area contributed by atoms with Gasteiger partial charge in [-0.15, -0.1) is 24.0 Å². The summed E-state index contributed by atoms with van der Waals surface area (Å²) in [6.45, 7) is 7.24. The van der Waals surface area contributed by atoms with Crippen LogP contribution in [0.2, 0.25) is 0 Å². The van der Waals surface area contributed by atoms with Gasteiger partial charge in [0.2, 0.25) is 5.91 Å². The molecule has 1 rings (SSSR count). The SMILES string of the molecule is CCC(CNC(=NC)NCCNC(=O)C(C)C)Oc1ccccc1F.I. The highest BCUT2D eigenvalue weighted by atomic mass is 127. The standard InChI is InChI=1S/C18H29FN4O2.HI/c1-5-14(25-16-9-7-6-8-15(16)19)12-23-18(20-4)22-11-10-21-17(24)13(2)3;/h6-9,13-14H,5,10-12H2,1-4H3,(H,21,24)(H2,20,22,23);1H. The van der Waals surface area contributed by atoms with E-state index in [-0.39, 0.29) is 53.5 Å². The Bertz CT molecular complexity index is 570. The van der Waals surface area contributed by atoms with Crippen LogP contribution in [-0.2, 0) is 4.79 Å². The highest BCUT2D eigenvalue weighted by molar-refractivity contribution is 14.0. The Balaban J connectivity index is 0.00000625. The second-order valence-electron chi connectivity index (χ2n) is 5.90. The largest absolute Gasteiger partial charge is 0.486 e. The second kappa shape index (κ2) is 13.6. The van der Waals surface area contributed by atoms with Crippen LogP contribution in [0.3, 0.4) is 0 Å². The van der Waals surface area contributed by atoms with Crippen LogP contribution in [0.1, 0.15) is 27.2 Å². The van der Waals surface area contributed by atoms with Crippen molar-refractivity contribution in [2.75, 3.05) is 26.7 Å². The number of ether oxygens (including phenoxy) is 1. The van der Waals surface area contributed by atoms with Gasteiger partial charge in [-0.1, -0.05) is 32.9 Å². The normalized spacial score (nSPS) is 12.2. The van der Waals surface area contributed by atoms with E-state index in [1.54, 1.807) is 25.2 Å². The van der Waals surface area contributed by atoms with Gasteiger partial charge in [0.25, 0.3) is 0 Å². The number of para-hydroxylation sites is 1. The van der Waals surface area contributed by atoms with Crippen LogP contribution in [0.25, 0.3) is 0 Å². The third-order valence-electron chi connectivity index (χ3n) is 3.55. The number of nitrogens with one attached hydrogen (secondary N) is 3. The van der Waals surface area contributed by atoms with Crippen LogP contribution >= 0.6 is 24.0 Å². The lowest BCUT2D eigenvalue weighted by Gasteiger charge is -2.20. The number of carbonyl (C=O) groups is 1. The van der Waals surface area contributed by atoms with Gasteiger partial charge in [-0.3, -0.25) is 9.79 Å². The molecule has 0 radical (unpaired) electrons. The van der Waals surface area contributed by atoms with Gasteiger partial charge in [0.15, 0.2) is 17.5 Å². The molecule has 0 aliphatic rings. The minimum absolute atomic E-state index is 0. The van der Waals surface area contributed by atoms with Crippen LogP contribution in [-0.4, -0.2) is 44.7 Å². The van der Waals surface area contributed by atoms with Crippen LogP contribution in [0.4, 0.5) is 4.39 Å². The predicted octanol–water partition coefficient (Wildman–Crippen LogP) is 2.54. The van der Waals surface area contributed by atoms with Crippen molar-refractivity contribution in [3.63, 3.8) is 0 Å². The van der Waals surface area contributed by atoms with E-state index in [1.807, 2.05) is 20.8 Å². The van der Waals surface area contributed by atoms with Gasteiger partial charge >= 0.3 is 0 Å². The molecule has 0 spiro atoms. The summed E-state index contributed by atoms with van der Waals surface area (Å²) in [5, 5.41) is 9.09. The zero-order valence-electron chi connectivity index (χ0n) is 15.8. The van der Waals surface area contributed by atoms with Gasteiger partial charge in [-0.05, 0) is 18.6 Å². The van der Waals surface area contributed by atoms with E-state index in [2.05, 4.69) is 20.9 Å². The molecular formula is C18H30FIN4O2. The van der Waals surface area contributed by atoms with E-state index in [0.29, 0.717) is 25.6 Å². The number of rotatable bonds is 9.